The van der Waals surface area contributed by atoms with Gasteiger partial charge in [0, 0.05) is 151 Å². The van der Waals surface area contributed by atoms with E-state index in [1.54, 1.807) is 73.5 Å². The average Bonchev–Trinajstić information content (AvgIpc) is 1.57. The number of aromatic hydroxyl groups is 1. The van der Waals surface area contributed by atoms with Crippen molar-refractivity contribution in [2.75, 3.05) is 58.9 Å². The number of benzene rings is 11. The second kappa shape index (κ2) is 41.0. The molecule has 4 aliphatic heterocycles. The monoisotopic (exact) mass is 1970 g/mol. The third-order valence-corrected chi connectivity index (χ3v) is 23.8. The Balaban J connectivity index is 0.000000140. The summed E-state index contributed by atoms with van der Waals surface area (Å²) < 4.78 is 34.3. The van der Waals surface area contributed by atoms with Gasteiger partial charge in [-0.2, -0.15) is 0 Å². The number of phenols is 1. The van der Waals surface area contributed by atoms with Crippen LogP contribution in [0, 0.1) is 50.6 Å². The molecule has 139 heavy (non-hydrogen) atoms. The van der Waals surface area contributed by atoms with Crippen molar-refractivity contribution >= 4 is 215 Å². The topological polar surface area (TPSA) is 622 Å². The van der Waals surface area contributed by atoms with Crippen LogP contribution in [0.4, 0.5) is 51.2 Å². The molecule has 9 heterocycles. The van der Waals surface area contributed by atoms with Gasteiger partial charge in [-0.1, -0.05) is 83.9 Å². The van der Waals surface area contributed by atoms with E-state index in [4.69, 9.17) is 53.6 Å². The molecule has 2 radical (unpaired) electrons. The number of carboxylic acids is 4. The second-order valence-electron chi connectivity index (χ2n) is 32.3. The van der Waals surface area contributed by atoms with Crippen LogP contribution in [0.5, 0.6) is 11.5 Å². The number of fused-ring (bicyclic) bond motifs is 23. The Kier molecular flexibility index (Phi) is 29.0. The minimum atomic E-state index is -1.27. The number of ether oxygens (including phenoxy) is 1. The number of hydrogen-bond acceptors (Lipinski definition) is 29. The van der Waals surface area contributed by atoms with Crippen LogP contribution in [0.1, 0.15) is 77.6 Å². The van der Waals surface area contributed by atoms with Gasteiger partial charge in [0.2, 0.25) is 23.2 Å². The number of nitrogens with two attached hydrogens (primary N) is 2. The first-order valence-corrected chi connectivity index (χ1v) is 42.3. The normalized spacial score (nSPS) is 13.3. The number of furan rings is 5. The number of aliphatic carboxylic acids is 4. The Morgan fingerprint density at radius 2 is 0.906 bits per heavy atom. The second-order valence-corrected chi connectivity index (χ2v) is 32.3. The molecule has 3 atom stereocenters. The summed E-state index contributed by atoms with van der Waals surface area (Å²) in [5.41, 5.74) is 20.5. The number of rotatable bonds is 26. The standard InChI is InChI=1S/C25H21N3O8.C21H19N3O8.C19H18N2O6.2C15H9N2O4.2V/c26-18(9-13-1-3-14(29)4-2-13)25(32)27-8-7-16-23-17-10-15(35-12-22(30)31)5-6-20(17)36-21(23)11-19(24(16)27)28(33)34;22-14(21(28)29)2-4-17(25)23-6-5-11-19(23)15(24(30)31)9-13-12-7-10(8-18(26)27)1-3-16(12)32-20(11)13;1-11(22)5-4-8-20-18(19(23)24)14-9-13-12-6-2-3-7-16(12)27-17(13)10-15(14)21(25)26;18-8-16-6-5-10-14-9-3-1-2-4-12(9)21-13(14)7-11(15(10)16)17(19)20;18-8-16-6-5-10-14(16)12(17(19)20)7-11-9-3-1-2-4-13(9)21-15(10)11;;/h1-6,10-11,18,29H,7-9,12,26H2,(H,30,31);1,3,7,9,14H,2,4-6,8,22H2,(H,26,27)(H,28,29);2-3,6-7,9-10,18,20H,4-5,8H2,1H3,(H,23,24);2*1-4,7H,5-6H2;;/q;;;2*-1;;. The van der Waals surface area contributed by atoms with Crippen LogP contribution < -0.4 is 41.1 Å². The molecule has 0 bridgehead atoms. The fourth-order valence-corrected chi connectivity index (χ4v) is 17.8. The maximum atomic E-state index is 13.3. The Hall–Kier alpha value is -16.5. The average molecular weight is 1970 g/mol. The van der Waals surface area contributed by atoms with Crippen molar-refractivity contribution < 1.29 is 157 Å². The van der Waals surface area contributed by atoms with Gasteiger partial charge in [-0.3, -0.25) is 74.5 Å². The molecular formula is C95H76N12O30V2-2. The molecule has 0 spiro atoms. The van der Waals surface area contributed by atoms with E-state index in [0.29, 0.717) is 174 Å². The summed E-state index contributed by atoms with van der Waals surface area (Å²) in [4.78, 5) is 164. The van der Waals surface area contributed by atoms with Crippen LogP contribution in [0.2, 0.25) is 0 Å². The molecule has 44 heteroatoms. The van der Waals surface area contributed by atoms with Crippen molar-refractivity contribution in [2.24, 2.45) is 11.5 Å². The molecule has 10 N–H and O–H groups in total. The third kappa shape index (κ3) is 19.6. The number of amides is 4. The predicted octanol–water partition coefficient (Wildman–Crippen LogP) is 14.7. The van der Waals surface area contributed by atoms with Gasteiger partial charge in [0.05, 0.1) is 57.7 Å². The molecule has 0 fully saturated rings. The Labute approximate surface area is 803 Å². The number of anilines is 4. The van der Waals surface area contributed by atoms with Gasteiger partial charge in [-0.15, -0.1) is 0 Å². The zero-order valence-electron chi connectivity index (χ0n) is 72.7. The van der Waals surface area contributed by atoms with Crippen molar-refractivity contribution in [3.05, 3.63) is 259 Å². The van der Waals surface area contributed by atoms with Crippen molar-refractivity contribution in [1.29, 1.82) is 0 Å². The molecule has 4 aliphatic rings. The number of carbonyl (C=O) groups is 7. The first-order chi connectivity index (χ1) is 65.7. The molecule has 0 aliphatic carbocycles. The predicted molar refractivity (Wildman–Crippen MR) is 495 cm³/mol. The minimum Gasteiger partial charge on any atom is -0.508 e. The number of carbonyl (C=O) groups excluding carboxylic acids is 5. The van der Waals surface area contributed by atoms with E-state index in [9.17, 15) is 104 Å². The number of carboxylic acid groups (broad SMARTS) is 4. The van der Waals surface area contributed by atoms with E-state index < -0.39 is 85.0 Å². The van der Waals surface area contributed by atoms with E-state index in [0.717, 1.165) is 32.7 Å². The summed E-state index contributed by atoms with van der Waals surface area (Å²) in [6.45, 7) is 2.37. The molecule has 20 rings (SSSR count). The maximum absolute atomic E-state index is 13.3. The molecule has 16 aromatic rings. The largest absolute Gasteiger partial charge is 0.508 e. The van der Waals surface area contributed by atoms with Crippen LogP contribution in [-0.2, 0) is 119 Å². The molecule has 3 unspecified atom stereocenters. The number of nitro benzene ring substituents is 5. The molecule has 0 saturated heterocycles. The summed E-state index contributed by atoms with van der Waals surface area (Å²) in [6, 6.07) is 42.9. The molecule has 708 valence electrons. The molecule has 5 aromatic heterocycles. The number of phenolic OH excluding ortho intramolecular Hbond substituents is 1. The van der Waals surface area contributed by atoms with Crippen LogP contribution in [0.25, 0.3) is 110 Å². The number of nitrogens with zero attached hydrogens (tertiary/aromatic N) is 9. The van der Waals surface area contributed by atoms with Crippen LogP contribution in [0.15, 0.2) is 192 Å². The Morgan fingerprint density at radius 1 is 0.453 bits per heavy atom. The number of nitrogens with one attached hydrogen (secondary N) is 1. The first-order valence-electron chi connectivity index (χ1n) is 42.3. The molecule has 11 aromatic carbocycles. The maximum Gasteiger partial charge on any atom is 0.341 e. The van der Waals surface area contributed by atoms with Gasteiger partial charge in [0.1, 0.15) is 96.6 Å². The number of ketones is 1. The Morgan fingerprint density at radius 3 is 1.49 bits per heavy atom. The van der Waals surface area contributed by atoms with Crippen molar-refractivity contribution in [2.45, 2.75) is 89.3 Å². The zero-order chi connectivity index (χ0) is 97.4. The molecule has 42 nitrogen and oxygen atoms in total. The van der Waals surface area contributed by atoms with E-state index in [2.05, 4.69) is 5.32 Å². The van der Waals surface area contributed by atoms with Crippen LogP contribution in [-0.4, -0.2) is 156 Å². The SMILES string of the molecule is CC(=O)CCCNC(C(=O)O)c1cc2c(cc1[N+](=O)[O-])oc1ccccc12.NC(CCC(=O)N1CCc2c1c([N+](=O)[O-])cc1c2oc2ccc(CC(=O)O)cc21)C(=O)O.NC(Cc1ccc(O)cc1)C(=O)N1CCc2c1c([N+](=O)[O-])cc1oc3ccc(OCC(=O)O)cc3c21.O=[C-]N1CCc2c1c([N+](=O)[O-])cc1c2oc2ccccc21.O=[C-]N1CCc2c1c([N+](=O)[O-])cc1oc3ccccc3c21.[V].[V]. The van der Waals surface area contributed by atoms with Crippen molar-refractivity contribution in [3.8, 4) is 11.5 Å². The summed E-state index contributed by atoms with van der Waals surface area (Å²) in [6.07, 6.45) is 5.79. The Bertz CT molecular complexity index is 7770. The smallest absolute Gasteiger partial charge is 0.341 e. The minimum absolute atomic E-state index is 0. The number of nitro groups is 5. The fraction of sp³-hybridized carbons (Fsp3) is 0.211. The quantitative estimate of drug-likeness (QED) is 0.0108. The molecule has 0 saturated carbocycles. The van der Waals surface area contributed by atoms with Crippen LogP contribution in [0.3, 0.4) is 0 Å². The van der Waals surface area contributed by atoms with Gasteiger partial charge in [0.15, 0.2) is 6.61 Å². The zero-order valence-corrected chi connectivity index (χ0v) is 75.5. The summed E-state index contributed by atoms with van der Waals surface area (Å²) >= 11 is 0. The van der Waals surface area contributed by atoms with E-state index in [1.807, 2.05) is 60.7 Å². The van der Waals surface area contributed by atoms with E-state index in [-0.39, 0.29) is 145 Å². The number of para-hydroxylation sites is 3. The van der Waals surface area contributed by atoms with Gasteiger partial charge in [-0.25, -0.2) is 4.79 Å². The molecular weight excluding hydrogens is 1890 g/mol. The first kappa shape index (κ1) is 98.5. The van der Waals surface area contributed by atoms with Crippen LogP contribution >= 0.6 is 0 Å². The molecule has 4 amide bonds. The fourth-order valence-electron chi connectivity index (χ4n) is 17.8. The van der Waals surface area contributed by atoms with Gasteiger partial charge in [0.25, 0.3) is 17.1 Å². The van der Waals surface area contributed by atoms with E-state index in [1.165, 1.54) is 75.1 Å². The van der Waals surface area contributed by atoms with Gasteiger partial charge in [-0.05, 0) is 166 Å². The summed E-state index contributed by atoms with van der Waals surface area (Å²) in [5.74, 6) is -5.09. The summed E-state index contributed by atoms with van der Waals surface area (Å²) in [5, 5.41) is 114. The number of hydrogen-bond donors (Lipinski definition) is 8. The summed E-state index contributed by atoms with van der Waals surface area (Å²) in [7, 11) is 0. The van der Waals surface area contributed by atoms with Crippen molar-refractivity contribution in [3.63, 3.8) is 0 Å². The van der Waals surface area contributed by atoms with Crippen molar-refractivity contribution in [1.82, 2.24) is 5.32 Å². The third-order valence-electron chi connectivity index (χ3n) is 23.8. The van der Waals surface area contributed by atoms with Gasteiger partial charge >= 0.3 is 23.9 Å². The van der Waals surface area contributed by atoms with Gasteiger partial charge < -0.3 is 103 Å². The number of Topliss-reactive ketones (excluding diaryl/α,β-unsaturated/α-hetero) is 1. The van der Waals surface area contributed by atoms with E-state index >= 15 is 0 Å².